The largest absolute Gasteiger partial charge is 0.507 e. The van der Waals surface area contributed by atoms with Crippen LogP contribution in [0.2, 0.25) is 0 Å². The number of benzene rings is 2. The van der Waals surface area contributed by atoms with E-state index >= 15 is 0 Å². The van der Waals surface area contributed by atoms with Crippen LogP contribution in [0, 0.1) is 0 Å². The SMILES string of the molecule is CC(=O)Cc1ccc(O)c(C(=O)/C=C/N(C)C)c1.CC(=O)Cc1ccc(O)c(C(C)=O)c1. The second kappa shape index (κ2) is 12.2. The van der Waals surface area contributed by atoms with E-state index in [0.717, 1.165) is 11.1 Å². The molecule has 0 aliphatic rings. The average Bonchev–Trinajstić information content (AvgIpc) is 2.68. The lowest BCUT2D eigenvalue weighted by Crippen LogP contribution is -2.04. The number of rotatable bonds is 8. The summed E-state index contributed by atoms with van der Waals surface area (Å²) in [6.07, 6.45) is 3.55. The van der Waals surface area contributed by atoms with Crippen LogP contribution < -0.4 is 0 Å². The van der Waals surface area contributed by atoms with Crippen molar-refractivity contribution in [3.63, 3.8) is 0 Å². The molecule has 0 fully saturated rings. The monoisotopic (exact) mass is 439 g/mol. The number of carbonyl (C=O) groups excluding carboxylic acids is 4. The number of carbonyl (C=O) groups is 4. The van der Waals surface area contributed by atoms with Crippen molar-refractivity contribution in [1.82, 2.24) is 4.90 Å². The molecule has 7 heteroatoms. The number of hydrogen-bond acceptors (Lipinski definition) is 7. The van der Waals surface area contributed by atoms with Crippen molar-refractivity contribution in [2.45, 2.75) is 33.6 Å². The molecule has 2 aromatic rings. The summed E-state index contributed by atoms with van der Waals surface area (Å²) in [7, 11) is 3.60. The number of phenols is 2. The molecule has 7 nitrogen and oxygen atoms in total. The Labute approximate surface area is 188 Å². The van der Waals surface area contributed by atoms with E-state index in [4.69, 9.17) is 0 Å². The van der Waals surface area contributed by atoms with Gasteiger partial charge in [0.15, 0.2) is 11.6 Å². The minimum absolute atomic E-state index is 0.0166. The Morgan fingerprint density at radius 1 is 0.781 bits per heavy atom. The molecule has 0 heterocycles. The van der Waals surface area contributed by atoms with Crippen LogP contribution in [-0.2, 0) is 22.4 Å². The summed E-state index contributed by atoms with van der Waals surface area (Å²) in [6, 6.07) is 9.27. The number of hydrogen-bond donors (Lipinski definition) is 2. The van der Waals surface area contributed by atoms with Gasteiger partial charge in [0.1, 0.15) is 23.1 Å². The fourth-order valence-corrected chi connectivity index (χ4v) is 2.75. The van der Waals surface area contributed by atoms with E-state index in [1.54, 1.807) is 49.5 Å². The summed E-state index contributed by atoms with van der Waals surface area (Å²) in [4.78, 5) is 46.5. The first kappa shape index (κ1) is 26.3. The smallest absolute Gasteiger partial charge is 0.191 e. The Hall–Kier alpha value is -3.74. The van der Waals surface area contributed by atoms with Gasteiger partial charge in [-0.2, -0.15) is 0 Å². The second-order valence-corrected chi connectivity index (χ2v) is 7.66. The molecule has 0 aromatic heterocycles. The van der Waals surface area contributed by atoms with Gasteiger partial charge in [0, 0.05) is 39.2 Å². The van der Waals surface area contributed by atoms with E-state index in [2.05, 4.69) is 0 Å². The Morgan fingerprint density at radius 3 is 1.62 bits per heavy atom. The summed E-state index contributed by atoms with van der Waals surface area (Å²) in [5.41, 5.74) is 1.96. The van der Waals surface area contributed by atoms with E-state index in [1.165, 1.54) is 39.0 Å². The van der Waals surface area contributed by atoms with Crippen molar-refractivity contribution < 1.29 is 29.4 Å². The topological polar surface area (TPSA) is 112 Å². The fraction of sp³-hybridized carbons (Fsp3) is 0.280. The Balaban J connectivity index is 0.000000330. The number of phenolic OH excluding ortho intramolecular Hbond substituents is 2. The van der Waals surface area contributed by atoms with E-state index < -0.39 is 0 Å². The van der Waals surface area contributed by atoms with Crippen molar-refractivity contribution >= 4 is 23.1 Å². The molecule has 2 N–H and O–H groups in total. The lowest BCUT2D eigenvalue weighted by Gasteiger charge is -2.06. The van der Waals surface area contributed by atoms with Crippen molar-refractivity contribution in [1.29, 1.82) is 0 Å². The average molecular weight is 440 g/mol. The molecule has 2 aromatic carbocycles. The van der Waals surface area contributed by atoms with Crippen molar-refractivity contribution in [2.24, 2.45) is 0 Å². The molecule has 0 bridgehead atoms. The third-order valence-corrected chi connectivity index (χ3v) is 4.20. The maximum absolute atomic E-state index is 11.8. The maximum atomic E-state index is 11.8. The lowest BCUT2D eigenvalue weighted by molar-refractivity contribution is -0.117. The Kier molecular flexibility index (Phi) is 10.0. The molecule has 32 heavy (non-hydrogen) atoms. The van der Waals surface area contributed by atoms with Gasteiger partial charge in [-0.25, -0.2) is 0 Å². The molecule has 0 amide bonds. The van der Waals surface area contributed by atoms with Gasteiger partial charge >= 0.3 is 0 Å². The highest BCUT2D eigenvalue weighted by atomic mass is 16.3. The number of Topliss-reactive ketones (excluding diaryl/α,β-unsaturated/α-hetero) is 3. The van der Waals surface area contributed by atoms with Gasteiger partial charge < -0.3 is 15.1 Å². The van der Waals surface area contributed by atoms with Crippen molar-refractivity contribution in [2.75, 3.05) is 14.1 Å². The standard InChI is InChI=1S/C14H17NO3.C11H12O3/c1-10(16)8-11-4-5-13(17)12(9-11)14(18)6-7-15(2)3;1-7(12)5-9-3-4-11(14)10(6-9)8(2)13/h4-7,9,17H,8H2,1-3H3;3-4,6,14H,5H2,1-2H3/b7-6+;. The Bertz CT molecular complexity index is 1040. The molecular weight excluding hydrogens is 410 g/mol. The third-order valence-electron chi connectivity index (χ3n) is 4.20. The first-order valence-corrected chi connectivity index (χ1v) is 9.93. The normalized spacial score (nSPS) is 10.3. The van der Waals surface area contributed by atoms with Crippen LogP contribution in [0.1, 0.15) is 52.6 Å². The minimum Gasteiger partial charge on any atom is -0.507 e. The Morgan fingerprint density at radius 2 is 1.22 bits per heavy atom. The molecule has 0 atom stereocenters. The number of allylic oxidation sites excluding steroid dienone is 1. The highest BCUT2D eigenvalue weighted by molar-refractivity contribution is 6.06. The van der Waals surface area contributed by atoms with Crippen LogP contribution >= 0.6 is 0 Å². The molecule has 0 saturated heterocycles. The zero-order valence-electron chi connectivity index (χ0n) is 19.0. The molecule has 170 valence electrons. The molecule has 2 rings (SSSR count). The first-order valence-electron chi connectivity index (χ1n) is 9.93. The number of nitrogens with zero attached hydrogens (tertiary/aromatic N) is 1. The molecule has 0 spiro atoms. The zero-order chi connectivity index (χ0) is 24.4. The first-order chi connectivity index (χ1) is 14.9. The lowest BCUT2D eigenvalue weighted by atomic mass is 10.0. The summed E-state index contributed by atoms with van der Waals surface area (Å²) in [5.74, 6) is -0.548. The van der Waals surface area contributed by atoms with Crippen LogP contribution in [-0.4, -0.2) is 52.3 Å². The van der Waals surface area contributed by atoms with E-state index in [9.17, 15) is 29.4 Å². The van der Waals surface area contributed by atoms with Gasteiger partial charge in [0.25, 0.3) is 0 Å². The fourth-order valence-electron chi connectivity index (χ4n) is 2.75. The number of ketones is 4. The summed E-state index contributed by atoms with van der Waals surface area (Å²) >= 11 is 0. The molecule has 0 aliphatic heterocycles. The van der Waals surface area contributed by atoms with Gasteiger partial charge in [-0.15, -0.1) is 0 Å². The van der Waals surface area contributed by atoms with Gasteiger partial charge in [0.2, 0.25) is 0 Å². The molecular formula is C25H29NO6. The summed E-state index contributed by atoms with van der Waals surface area (Å²) in [6.45, 7) is 4.35. The summed E-state index contributed by atoms with van der Waals surface area (Å²) in [5, 5.41) is 19.0. The van der Waals surface area contributed by atoms with Crippen LogP contribution in [0.25, 0.3) is 0 Å². The molecule has 0 aliphatic carbocycles. The second-order valence-electron chi connectivity index (χ2n) is 7.66. The van der Waals surface area contributed by atoms with Crippen LogP contribution in [0.5, 0.6) is 11.5 Å². The quantitative estimate of drug-likeness (QED) is 0.478. The predicted octanol–water partition coefficient (Wildman–Crippen LogP) is 3.51. The highest BCUT2D eigenvalue weighted by Crippen LogP contribution is 2.20. The van der Waals surface area contributed by atoms with Crippen LogP contribution in [0.15, 0.2) is 48.7 Å². The van der Waals surface area contributed by atoms with Gasteiger partial charge in [-0.05, 0) is 56.2 Å². The zero-order valence-corrected chi connectivity index (χ0v) is 19.0. The van der Waals surface area contributed by atoms with E-state index in [1.807, 2.05) is 0 Å². The molecule has 0 unspecified atom stereocenters. The minimum atomic E-state index is -0.286. The third kappa shape index (κ3) is 8.95. The van der Waals surface area contributed by atoms with E-state index in [0.29, 0.717) is 6.42 Å². The highest BCUT2D eigenvalue weighted by Gasteiger charge is 2.10. The van der Waals surface area contributed by atoms with Crippen LogP contribution in [0.3, 0.4) is 0 Å². The molecule has 0 radical (unpaired) electrons. The van der Waals surface area contributed by atoms with Gasteiger partial charge in [-0.3, -0.25) is 19.2 Å². The van der Waals surface area contributed by atoms with Gasteiger partial charge in [-0.1, -0.05) is 12.1 Å². The van der Waals surface area contributed by atoms with Crippen molar-refractivity contribution in [3.05, 3.63) is 70.9 Å². The summed E-state index contributed by atoms with van der Waals surface area (Å²) < 4.78 is 0. The predicted molar refractivity (Wildman–Crippen MR) is 122 cm³/mol. The van der Waals surface area contributed by atoms with Gasteiger partial charge in [0.05, 0.1) is 11.1 Å². The molecule has 0 saturated carbocycles. The van der Waals surface area contributed by atoms with Crippen LogP contribution in [0.4, 0.5) is 0 Å². The maximum Gasteiger partial charge on any atom is 0.191 e. The number of aromatic hydroxyl groups is 2. The van der Waals surface area contributed by atoms with E-state index in [-0.39, 0.29) is 52.2 Å². The van der Waals surface area contributed by atoms with Crippen molar-refractivity contribution in [3.8, 4) is 11.5 Å².